The molecule has 0 fully saturated rings. The van der Waals surface area contributed by atoms with Gasteiger partial charge in [-0.1, -0.05) is 30.3 Å². The maximum absolute atomic E-state index is 6.37. The van der Waals surface area contributed by atoms with Gasteiger partial charge in [0.1, 0.15) is 5.75 Å². The summed E-state index contributed by atoms with van der Waals surface area (Å²) in [6, 6.07) is 14.4. The highest BCUT2D eigenvalue weighted by Crippen LogP contribution is 2.35. The van der Waals surface area contributed by atoms with Crippen LogP contribution in [0.4, 0.5) is 0 Å². The van der Waals surface area contributed by atoms with Gasteiger partial charge in [-0.05, 0) is 45.9 Å². The van der Waals surface area contributed by atoms with Crippen LogP contribution in [-0.4, -0.2) is 6.61 Å². The van der Waals surface area contributed by atoms with Crippen LogP contribution in [0.3, 0.4) is 0 Å². The van der Waals surface area contributed by atoms with Crippen LogP contribution in [0, 0.1) is 3.57 Å². The van der Waals surface area contributed by atoms with Crippen LogP contribution in [0.5, 0.6) is 5.75 Å². The fourth-order valence-corrected chi connectivity index (χ4v) is 2.93. The first-order valence-corrected chi connectivity index (χ1v) is 7.09. The lowest BCUT2D eigenvalue weighted by Gasteiger charge is -2.16. The predicted molar refractivity (Wildman–Crippen MR) is 80.8 cm³/mol. The molecule has 0 radical (unpaired) electrons. The SMILES string of the molecule is NC(c1cccc(I)c1)c1cccc2c1OCC2. The molecule has 1 aliphatic rings. The van der Waals surface area contributed by atoms with E-state index >= 15 is 0 Å². The van der Waals surface area contributed by atoms with Gasteiger partial charge in [-0.25, -0.2) is 0 Å². The van der Waals surface area contributed by atoms with Crippen molar-refractivity contribution in [1.82, 2.24) is 0 Å². The summed E-state index contributed by atoms with van der Waals surface area (Å²) in [7, 11) is 0. The normalized spacial score (nSPS) is 15.0. The number of hydrogen-bond donors (Lipinski definition) is 1. The quantitative estimate of drug-likeness (QED) is 0.843. The second kappa shape index (κ2) is 4.90. The largest absolute Gasteiger partial charge is 0.493 e. The van der Waals surface area contributed by atoms with E-state index < -0.39 is 0 Å². The summed E-state index contributed by atoms with van der Waals surface area (Å²) in [5.41, 5.74) is 9.87. The van der Waals surface area contributed by atoms with Crippen LogP contribution in [0.2, 0.25) is 0 Å². The molecule has 0 saturated heterocycles. The Hall–Kier alpha value is -1.07. The molecule has 3 rings (SSSR count). The molecule has 1 atom stereocenters. The van der Waals surface area contributed by atoms with Crippen molar-refractivity contribution in [3.8, 4) is 5.75 Å². The molecule has 1 aliphatic heterocycles. The van der Waals surface area contributed by atoms with Crippen LogP contribution in [0.15, 0.2) is 42.5 Å². The summed E-state index contributed by atoms with van der Waals surface area (Å²) in [5, 5.41) is 0. The topological polar surface area (TPSA) is 35.2 Å². The standard InChI is InChI=1S/C15H14INO/c16-12-5-1-4-11(9-12)14(17)13-6-2-3-10-7-8-18-15(10)13/h1-6,9,14H,7-8,17H2. The fourth-order valence-electron chi connectivity index (χ4n) is 2.37. The van der Waals surface area contributed by atoms with Gasteiger partial charge in [0.15, 0.2) is 0 Å². The molecular formula is C15H14INO. The van der Waals surface area contributed by atoms with Gasteiger partial charge in [-0.3, -0.25) is 0 Å². The Kier molecular flexibility index (Phi) is 3.26. The van der Waals surface area contributed by atoms with Gasteiger partial charge in [-0.15, -0.1) is 0 Å². The highest BCUT2D eigenvalue weighted by Gasteiger charge is 2.20. The lowest BCUT2D eigenvalue weighted by atomic mass is 9.97. The van der Waals surface area contributed by atoms with Crippen molar-refractivity contribution in [3.05, 3.63) is 62.7 Å². The minimum Gasteiger partial charge on any atom is -0.493 e. The minimum absolute atomic E-state index is 0.118. The third-order valence-electron chi connectivity index (χ3n) is 3.29. The Morgan fingerprint density at radius 2 is 2.00 bits per heavy atom. The maximum Gasteiger partial charge on any atom is 0.127 e. The zero-order valence-electron chi connectivity index (χ0n) is 9.90. The van der Waals surface area contributed by atoms with E-state index in [2.05, 4.69) is 59.0 Å². The van der Waals surface area contributed by atoms with E-state index in [1.54, 1.807) is 0 Å². The Bertz CT molecular complexity index is 582. The first-order valence-electron chi connectivity index (χ1n) is 6.01. The van der Waals surface area contributed by atoms with Crippen LogP contribution in [-0.2, 0) is 6.42 Å². The highest BCUT2D eigenvalue weighted by molar-refractivity contribution is 14.1. The van der Waals surface area contributed by atoms with Crippen molar-refractivity contribution in [2.45, 2.75) is 12.5 Å². The first kappa shape index (κ1) is 12.0. The molecule has 1 unspecified atom stereocenters. The number of rotatable bonds is 2. The van der Waals surface area contributed by atoms with Gasteiger partial charge >= 0.3 is 0 Å². The van der Waals surface area contributed by atoms with Crippen molar-refractivity contribution >= 4 is 22.6 Å². The second-order valence-corrected chi connectivity index (χ2v) is 5.71. The third kappa shape index (κ3) is 2.12. The van der Waals surface area contributed by atoms with Crippen LogP contribution >= 0.6 is 22.6 Å². The molecule has 0 bridgehead atoms. The summed E-state index contributed by atoms with van der Waals surface area (Å²) in [4.78, 5) is 0. The molecule has 2 N–H and O–H groups in total. The number of ether oxygens (including phenoxy) is 1. The van der Waals surface area contributed by atoms with Crippen molar-refractivity contribution in [3.63, 3.8) is 0 Å². The van der Waals surface area contributed by atoms with Gasteiger partial charge in [-0.2, -0.15) is 0 Å². The molecule has 0 amide bonds. The van der Waals surface area contributed by atoms with E-state index in [0.29, 0.717) is 0 Å². The number of nitrogens with two attached hydrogens (primary N) is 1. The molecule has 0 spiro atoms. The molecule has 3 heteroatoms. The summed E-state index contributed by atoms with van der Waals surface area (Å²) in [6.45, 7) is 0.769. The van der Waals surface area contributed by atoms with Crippen LogP contribution in [0.1, 0.15) is 22.7 Å². The van der Waals surface area contributed by atoms with Gasteiger partial charge < -0.3 is 10.5 Å². The average Bonchev–Trinajstić information content (AvgIpc) is 2.86. The molecule has 2 nitrogen and oxygen atoms in total. The molecule has 18 heavy (non-hydrogen) atoms. The third-order valence-corrected chi connectivity index (χ3v) is 3.96. The number of benzene rings is 2. The zero-order valence-corrected chi connectivity index (χ0v) is 12.1. The maximum atomic E-state index is 6.37. The highest BCUT2D eigenvalue weighted by atomic mass is 127. The lowest BCUT2D eigenvalue weighted by Crippen LogP contribution is -2.13. The summed E-state index contributed by atoms with van der Waals surface area (Å²) >= 11 is 2.31. The van der Waals surface area contributed by atoms with Gasteiger partial charge in [0.05, 0.1) is 12.6 Å². The monoisotopic (exact) mass is 351 g/mol. The molecule has 0 aromatic heterocycles. The molecule has 0 saturated carbocycles. The molecule has 0 aliphatic carbocycles. The van der Waals surface area contributed by atoms with E-state index in [1.807, 2.05) is 6.07 Å². The molecule has 2 aromatic carbocycles. The van der Waals surface area contributed by atoms with E-state index in [4.69, 9.17) is 10.5 Å². The summed E-state index contributed by atoms with van der Waals surface area (Å²) < 4.78 is 6.92. The predicted octanol–water partition coefficient (Wildman–Crippen LogP) is 3.27. The van der Waals surface area contributed by atoms with Crippen molar-refractivity contribution < 1.29 is 4.74 Å². The zero-order chi connectivity index (χ0) is 12.5. The Morgan fingerprint density at radius 3 is 2.83 bits per heavy atom. The Morgan fingerprint density at radius 1 is 1.17 bits per heavy atom. The van der Waals surface area contributed by atoms with E-state index in [1.165, 1.54) is 9.13 Å². The number of halogens is 1. The Balaban J connectivity index is 2.03. The molecule has 2 aromatic rings. The van der Waals surface area contributed by atoms with Crippen molar-refractivity contribution in [2.75, 3.05) is 6.61 Å². The summed E-state index contributed by atoms with van der Waals surface area (Å²) in [6.07, 6.45) is 0.988. The van der Waals surface area contributed by atoms with E-state index in [0.717, 1.165) is 29.9 Å². The molecule has 1 heterocycles. The van der Waals surface area contributed by atoms with Crippen LogP contribution in [0.25, 0.3) is 0 Å². The van der Waals surface area contributed by atoms with Crippen LogP contribution < -0.4 is 10.5 Å². The van der Waals surface area contributed by atoms with Gasteiger partial charge in [0.25, 0.3) is 0 Å². The number of fused-ring (bicyclic) bond motifs is 1. The van der Waals surface area contributed by atoms with Crippen molar-refractivity contribution in [2.24, 2.45) is 5.73 Å². The van der Waals surface area contributed by atoms with Gasteiger partial charge in [0, 0.05) is 15.6 Å². The number of hydrogen-bond acceptors (Lipinski definition) is 2. The first-order chi connectivity index (χ1) is 8.75. The lowest BCUT2D eigenvalue weighted by molar-refractivity contribution is 0.352. The van der Waals surface area contributed by atoms with Gasteiger partial charge in [0.2, 0.25) is 0 Å². The fraction of sp³-hybridized carbons (Fsp3) is 0.200. The smallest absolute Gasteiger partial charge is 0.127 e. The average molecular weight is 351 g/mol. The number of para-hydroxylation sites is 1. The second-order valence-electron chi connectivity index (χ2n) is 4.47. The molecular weight excluding hydrogens is 337 g/mol. The summed E-state index contributed by atoms with van der Waals surface area (Å²) in [5.74, 6) is 0.990. The van der Waals surface area contributed by atoms with E-state index in [9.17, 15) is 0 Å². The van der Waals surface area contributed by atoms with E-state index in [-0.39, 0.29) is 6.04 Å². The minimum atomic E-state index is -0.118. The molecule has 92 valence electrons. The van der Waals surface area contributed by atoms with Crippen molar-refractivity contribution in [1.29, 1.82) is 0 Å². The Labute approximate surface area is 120 Å².